The molecule has 0 unspecified atom stereocenters. The first-order chi connectivity index (χ1) is 5.81. The lowest BCUT2D eigenvalue weighted by Gasteiger charge is -2.04. The van der Waals surface area contributed by atoms with Crippen molar-refractivity contribution in [3.63, 3.8) is 0 Å². The van der Waals surface area contributed by atoms with Crippen molar-refractivity contribution >= 4 is 0 Å². The highest BCUT2D eigenvalue weighted by Gasteiger charge is 2.01. The largest absolute Gasteiger partial charge is 0.246 e. The van der Waals surface area contributed by atoms with Crippen LogP contribution in [0, 0.1) is 0 Å². The van der Waals surface area contributed by atoms with Gasteiger partial charge in [0, 0.05) is 0 Å². The van der Waals surface area contributed by atoms with E-state index in [9.17, 15) is 8.78 Å². The van der Waals surface area contributed by atoms with Crippen molar-refractivity contribution in [3.8, 4) is 0 Å². The van der Waals surface area contributed by atoms with E-state index in [1.54, 1.807) is 18.2 Å². The zero-order chi connectivity index (χ0) is 8.97. The lowest BCUT2D eigenvalue weighted by Crippen LogP contribution is -1.91. The van der Waals surface area contributed by atoms with Gasteiger partial charge in [0.2, 0.25) is 0 Å². The van der Waals surface area contributed by atoms with Crippen molar-refractivity contribution in [1.29, 1.82) is 0 Å². The number of benzene rings is 1. The Kier molecular flexibility index (Phi) is 3.20. The van der Waals surface area contributed by atoms with Crippen LogP contribution in [0.25, 0.3) is 0 Å². The summed E-state index contributed by atoms with van der Waals surface area (Å²) in [6, 6.07) is 5.10. The highest BCUT2D eigenvalue weighted by Crippen LogP contribution is 2.14. The molecule has 0 aromatic heterocycles. The van der Waals surface area contributed by atoms with E-state index in [2.05, 4.69) is 0 Å². The number of hydrogen-bond acceptors (Lipinski definition) is 0. The standard InChI is InChI=1S/C10H12F2/c1-2-9-4-3-8(6-11)5-10(9)7-12/h3-5H,2,6-7H2,1H3. The molecule has 1 rings (SSSR count). The molecule has 12 heavy (non-hydrogen) atoms. The minimum atomic E-state index is -0.517. The number of hydrogen-bond donors (Lipinski definition) is 0. The zero-order valence-corrected chi connectivity index (χ0v) is 7.11. The summed E-state index contributed by atoms with van der Waals surface area (Å²) >= 11 is 0. The Morgan fingerprint density at radius 1 is 1.08 bits per heavy atom. The van der Waals surface area contributed by atoms with E-state index in [0.29, 0.717) is 11.1 Å². The molecule has 0 spiro atoms. The molecule has 0 nitrogen and oxygen atoms in total. The molecule has 1 aromatic rings. The maximum atomic E-state index is 12.4. The van der Waals surface area contributed by atoms with Crippen LogP contribution >= 0.6 is 0 Å². The van der Waals surface area contributed by atoms with Crippen LogP contribution < -0.4 is 0 Å². The molecular weight excluding hydrogens is 158 g/mol. The maximum absolute atomic E-state index is 12.4. The third kappa shape index (κ3) is 1.81. The lowest BCUT2D eigenvalue weighted by molar-refractivity contribution is 0.473. The van der Waals surface area contributed by atoms with Gasteiger partial charge < -0.3 is 0 Å². The van der Waals surface area contributed by atoms with E-state index in [1.165, 1.54) is 0 Å². The normalized spacial score (nSPS) is 10.2. The summed E-state index contributed by atoms with van der Waals surface area (Å²) < 4.78 is 24.5. The monoisotopic (exact) mass is 170 g/mol. The van der Waals surface area contributed by atoms with Crippen molar-refractivity contribution < 1.29 is 8.78 Å². The second-order valence-corrected chi connectivity index (χ2v) is 2.72. The fourth-order valence-corrected chi connectivity index (χ4v) is 1.23. The minimum absolute atomic E-state index is 0.503. The summed E-state index contributed by atoms with van der Waals surface area (Å²) in [6.07, 6.45) is 0.797. The smallest absolute Gasteiger partial charge is 0.115 e. The van der Waals surface area contributed by atoms with Crippen LogP contribution in [0.4, 0.5) is 8.78 Å². The summed E-state index contributed by atoms with van der Waals surface area (Å²) in [4.78, 5) is 0. The van der Waals surface area contributed by atoms with Gasteiger partial charge in [-0.3, -0.25) is 0 Å². The van der Waals surface area contributed by atoms with E-state index >= 15 is 0 Å². The van der Waals surface area contributed by atoms with Gasteiger partial charge in [0.15, 0.2) is 0 Å². The number of aryl methyl sites for hydroxylation is 1. The van der Waals surface area contributed by atoms with Crippen LogP contribution in [0.2, 0.25) is 0 Å². The molecule has 66 valence electrons. The summed E-state index contributed by atoms with van der Waals surface area (Å²) in [6.45, 7) is 0.942. The van der Waals surface area contributed by atoms with Gasteiger partial charge in [-0.1, -0.05) is 25.1 Å². The summed E-state index contributed by atoms with van der Waals surface area (Å²) in [5, 5.41) is 0. The Hall–Kier alpha value is -0.920. The molecule has 0 aliphatic rings. The minimum Gasteiger partial charge on any atom is -0.246 e. The quantitative estimate of drug-likeness (QED) is 0.653. The highest BCUT2D eigenvalue weighted by molar-refractivity contribution is 5.31. The van der Waals surface area contributed by atoms with Gasteiger partial charge in [-0.05, 0) is 23.1 Å². The van der Waals surface area contributed by atoms with Crippen molar-refractivity contribution in [1.82, 2.24) is 0 Å². The van der Waals surface area contributed by atoms with E-state index in [0.717, 1.165) is 12.0 Å². The number of halogens is 2. The van der Waals surface area contributed by atoms with Crippen molar-refractivity contribution in [2.45, 2.75) is 26.7 Å². The first kappa shape index (κ1) is 9.17. The molecule has 0 aliphatic heterocycles. The van der Waals surface area contributed by atoms with Gasteiger partial charge >= 0.3 is 0 Å². The van der Waals surface area contributed by atoms with Gasteiger partial charge in [0.1, 0.15) is 13.3 Å². The van der Waals surface area contributed by atoms with Crippen LogP contribution in [0.3, 0.4) is 0 Å². The predicted octanol–water partition coefficient (Wildman–Crippen LogP) is 3.19. The zero-order valence-electron chi connectivity index (χ0n) is 7.11. The average Bonchev–Trinajstić information content (AvgIpc) is 2.16. The van der Waals surface area contributed by atoms with Crippen LogP contribution in [-0.4, -0.2) is 0 Å². The predicted molar refractivity (Wildman–Crippen MR) is 45.4 cm³/mol. The molecule has 0 amide bonds. The van der Waals surface area contributed by atoms with Crippen LogP contribution in [0.5, 0.6) is 0 Å². The first-order valence-electron chi connectivity index (χ1n) is 4.04. The lowest BCUT2D eigenvalue weighted by atomic mass is 10.0. The first-order valence-corrected chi connectivity index (χ1v) is 4.04. The Balaban J connectivity index is 3.02. The Morgan fingerprint density at radius 2 is 1.83 bits per heavy atom. The fourth-order valence-electron chi connectivity index (χ4n) is 1.23. The maximum Gasteiger partial charge on any atom is 0.115 e. The number of alkyl halides is 2. The topological polar surface area (TPSA) is 0 Å². The molecule has 0 saturated heterocycles. The molecule has 0 atom stereocenters. The molecule has 0 bridgehead atoms. The summed E-state index contributed by atoms with van der Waals surface area (Å²) in [5.74, 6) is 0. The molecule has 2 heteroatoms. The fraction of sp³-hybridized carbons (Fsp3) is 0.400. The Morgan fingerprint density at radius 3 is 2.33 bits per heavy atom. The van der Waals surface area contributed by atoms with Crippen molar-refractivity contribution in [3.05, 3.63) is 34.9 Å². The second-order valence-electron chi connectivity index (χ2n) is 2.72. The van der Waals surface area contributed by atoms with Gasteiger partial charge in [0.25, 0.3) is 0 Å². The van der Waals surface area contributed by atoms with Gasteiger partial charge in [-0.25, -0.2) is 8.78 Å². The van der Waals surface area contributed by atoms with Gasteiger partial charge in [-0.15, -0.1) is 0 Å². The third-order valence-corrected chi connectivity index (χ3v) is 1.95. The molecule has 0 N–H and O–H groups in total. The van der Waals surface area contributed by atoms with E-state index in [1.807, 2.05) is 6.92 Å². The molecule has 0 radical (unpaired) electrons. The molecular formula is C10H12F2. The molecule has 0 aliphatic carbocycles. The van der Waals surface area contributed by atoms with Crippen molar-refractivity contribution in [2.24, 2.45) is 0 Å². The number of rotatable bonds is 3. The summed E-state index contributed by atoms with van der Waals surface area (Å²) in [5.41, 5.74) is 2.14. The molecule has 0 heterocycles. The highest BCUT2D eigenvalue weighted by atomic mass is 19.1. The Bertz CT molecular complexity index is 256. The van der Waals surface area contributed by atoms with E-state index < -0.39 is 13.3 Å². The molecule has 1 aromatic carbocycles. The average molecular weight is 170 g/mol. The van der Waals surface area contributed by atoms with Crippen molar-refractivity contribution in [2.75, 3.05) is 0 Å². The van der Waals surface area contributed by atoms with Crippen LogP contribution in [0.1, 0.15) is 23.6 Å². The second kappa shape index (κ2) is 4.19. The SMILES string of the molecule is CCc1ccc(CF)cc1CF. The van der Waals surface area contributed by atoms with Crippen LogP contribution in [-0.2, 0) is 19.8 Å². The van der Waals surface area contributed by atoms with Gasteiger partial charge in [0.05, 0.1) is 0 Å². The van der Waals surface area contributed by atoms with E-state index in [4.69, 9.17) is 0 Å². The van der Waals surface area contributed by atoms with Crippen LogP contribution in [0.15, 0.2) is 18.2 Å². The Labute approximate surface area is 71.2 Å². The molecule has 0 saturated carbocycles. The molecule has 0 fully saturated rings. The van der Waals surface area contributed by atoms with Gasteiger partial charge in [-0.2, -0.15) is 0 Å². The third-order valence-electron chi connectivity index (χ3n) is 1.95. The summed E-state index contributed by atoms with van der Waals surface area (Å²) in [7, 11) is 0. The van der Waals surface area contributed by atoms with E-state index in [-0.39, 0.29) is 0 Å².